The molecule has 0 radical (unpaired) electrons. The molecule has 0 saturated carbocycles. The van der Waals surface area contributed by atoms with Gasteiger partial charge in [-0.05, 0) is 19.6 Å². The normalized spacial score (nSPS) is 11.8. The van der Waals surface area contributed by atoms with Crippen LogP contribution < -0.4 is 4.79 Å². The molecule has 0 saturated heterocycles. The van der Waals surface area contributed by atoms with E-state index in [2.05, 4.69) is 0 Å². The Morgan fingerprint density at radius 3 is 1.88 bits per heavy atom. The summed E-state index contributed by atoms with van der Waals surface area (Å²) in [7, 11) is -2.63. The lowest BCUT2D eigenvalue weighted by Crippen LogP contribution is -2.40. The van der Waals surface area contributed by atoms with E-state index in [9.17, 15) is 22.0 Å². The second-order valence-electron chi connectivity index (χ2n) is 4.27. The Balaban J connectivity index is 3.36. The van der Waals surface area contributed by atoms with E-state index >= 15 is 0 Å². The number of benzene rings is 1. The van der Waals surface area contributed by atoms with Crippen LogP contribution in [-0.4, -0.2) is 8.24 Å². The monoisotopic (exact) mass is 255 g/mol. The van der Waals surface area contributed by atoms with E-state index in [0.29, 0.717) is 6.07 Å². The van der Waals surface area contributed by atoms with E-state index in [0.717, 1.165) is 0 Å². The van der Waals surface area contributed by atoms with Crippen molar-refractivity contribution in [1.82, 2.24) is 0 Å². The molecule has 7 heteroatoms. The van der Waals surface area contributed by atoms with Gasteiger partial charge in [-0.2, -0.15) is 0 Å². The fraction of sp³-hybridized carbons (Fsp3) is 0.333. The minimum absolute atomic E-state index is 0.0199. The molecular formula is C9H10F5NSi. The Hall–Kier alpha value is -1.11. The lowest BCUT2D eigenvalue weighted by Gasteiger charge is -2.26. The summed E-state index contributed by atoms with van der Waals surface area (Å²) in [6, 6.07) is 0.312. The lowest BCUT2D eigenvalue weighted by atomic mass is 10.3. The number of halogens is 5. The highest BCUT2D eigenvalue weighted by molar-refractivity contribution is 6.79. The van der Waals surface area contributed by atoms with E-state index in [1.165, 1.54) is 19.6 Å². The van der Waals surface area contributed by atoms with Gasteiger partial charge < -0.3 is 0 Å². The first kappa shape index (κ1) is 13.0. The summed E-state index contributed by atoms with van der Waals surface area (Å²) in [5.41, 5.74) is -0.907. The van der Waals surface area contributed by atoms with Crippen LogP contribution in [0.25, 0.3) is 0 Å². The molecule has 16 heavy (non-hydrogen) atoms. The summed E-state index contributed by atoms with van der Waals surface area (Å²) in [6.07, 6.45) is 0. The molecule has 0 heterocycles. The molecule has 0 aromatic heterocycles. The highest BCUT2D eigenvalue weighted by Gasteiger charge is 2.30. The lowest BCUT2D eigenvalue weighted by molar-refractivity contribution is 0.402. The molecular weight excluding hydrogens is 245 g/mol. The average Bonchev–Trinajstić information content (AvgIpc) is 2.18. The summed E-state index contributed by atoms with van der Waals surface area (Å²) >= 11 is 0. The molecule has 1 aromatic rings. The predicted molar refractivity (Wildman–Crippen MR) is 53.2 cm³/mol. The minimum Gasteiger partial charge on any atom is -0.241 e. The molecule has 0 fully saturated rings. The number of nitrogens with zero attached hydrogens (tertiary/aromatic N) is 1. The fourth-order valence-corrected chi connectivity index (χ4v) is 1.95. The largest absolute Gasteiger partial charge is 0.241 e. The van der Waals surface area contributed by atoms with Gasteiger partial charge in [-0.3, -0.25) is 0 Å². The van der Waals surface area contributed by atoms with Crippen LogP contribution in [0.15, 0.2) is 6.07 Å². The zero-order valence-corrected chi connectivity index (χ0v) is 9.91. The summed E-state index contributed by atoms with van der Waals surface area (Å²) in [6.45, 7) is 4.52. The van der Waals surface area contributed by atoms with Crippen LogP contribution in [0.5, 0.6) is 0 Å². The Morgan fingerprint density at radius 2 is 1.44 bits per heavy atom. The van der Waals surface area contributed by atoms with Crippen LogP contribution in [0, 0.1) is 23.3 Å². The van der Waals surface area contributed by atoms with Crippen molar-refractivity contribution in [3.63, 3.8) is 0 Å². The van der Waals surface area contributed by atoms with Gasteiger partial charge >= 0.3 is 0 Å². The topological polar surface area (TPSA) is 3.24 Å². The number of anilines is 1. The Kier molecular flexibility index (Phi) is 3.27. The van der Waals surface area contributed by atoms with Gasteiger partial charge in [0.2, 0.25) is 0 Å². The van der Waals surface area contributed by atoms with Crippen molar-refractivity contribution in [2.24, 2.45) is 0 Å². The molecule has 0 atom stereocenters. The van der Waals surface area contributed by atoms with Gasteiger partial charge in [-0.1, -0.05) is 0 Å². The van der Waals surface area contributed by atoms with Gasteiger partial charge in [0, 0.05) is 6.07 Å². The third-order valence-corrected chi connectivity index (χ3v) is 3.30. The third-order valence-electron chi connectivity index (χ3n) is 1.88. The van der Waals surface area contributed by atoms with Crippen molar-refractivity contribution in [2.75, 3.05) is 4.79 Å². The van der Waals surface area contributed by atoms with Crippen molar-refractivity contribution < 1.29 is 22.0 Å². The van der Waals surface area contributed by atoms with Gasteiger partial charge in [-0.15, -0.1) is 4.48 Å². The summed E-state index contributed by atoms with van der Waals surface area (Å²) in [5, 5.41) is 0. The van der Waals surface area contributed by atoms with Crippen LogP contribution in [0.4, 0.5) is 27.7 Å². The minimum atomic E-state index is -2.63. The van der Waals surface area contributed by atoms with E-state index in [4.69, 9.17) is 0 Å². The molecule has 0 amide bonds. The Morgan fingerprint density at radius 1 is 0.938 bits per heavy atom. The van der Waals surface area contributed by atoms with Crippen LogP contribution in [-0.2, 0) is 0 Å². The van der Waals surface area contributed by atoms with Crippen molar-refractivity contribution in [3.05, 3.63) is 29.3 Å². The molecule has 0 aliphatic heterocycles. The first-order valence-electron chi connectivity index (χ1n) is 4.45. The average molecular weight is 255 g/mol. The molecule has 0 aliphatic carbocycles. The predicted octanol–water partition coefficient (Wildman–Crippen LogP) is 3.77. The second kappa shape index (κ2) is 4.04. The fourth-order valence-electron chi connectivity index (χ4n) is 1.06. The smallest absolute Gasteiger partial charge is 0.199 e. The maximum atomic E-state index is 13.6. The van der Waals surface area contributed by atoms with E-state index in [1.54, 1.807) is 0 Å². The van der Waals surface area contributed by atoms with Crippen LogP contribution in [0.3, 0.4) is 0 Å². The summed E-state index contributed by atoms with van der Waals surface area (Å²) < 4.78 is 65.0. The molecule has 0 bridgehead atoms. The van der Waals surface area contributed by atoms with Crippen molar-refractivity contribution in [1.29, 1.82) is 0 Å². The quantitative estimate of drug-likeness (QED) is 0.256. The Bertz CT molecular complexity index is 415. The first-order chi connectivity index (χ1) is 7.16. The molecule has 90 valence electrons. The summed E-state index contributed by atoms with van der Waals surface area (Å²) in [4.78, 5) is -0.0199. The standard InChI is InChI=1S/C9H10F5NSi/c1-16(2,3)15(14)6-4-5(10)7(11)9(13)8(6)12/h4H,1-3H3. The number of hydrogen-bond acceptors (Lipinski definition) is 1. The van der Waals surface area contributed by atoms with Crippen LogP contribution in [0.1, 0.15) is 0 Å². The molecule has 0 unspecified atom stereocenters. The molecule has 0 aliphatic rings. The van der Waals surface area contributed by atoms with Gasteiger partial charge in [0.1, 0.15) is 5.69 Å². The van der Waals surface area contributed by atoms with E-state index in [-0.39, 0.29) is 4.79 Å². The molecule has 0 N–H and O–H groups in total. The zero-order chi connectivity index (χ0) is 12.7. The third kappa shape index (κ3) is 2.18. The van der Waals surface area contributed by atoms with E-state index < -0.39 is 37.2 Å². The molecule has 0 spiro atoms. The Labute approximate surface area is 90.5 Å². The van der Waals surface area contributed by atoms with Gasteiger partial charge in [-0.25, -0.2) is 22.3 Å². The molecule has 1 nitrogen and oxygen atoms in total. The van der Waals surface area contributed by atoms with E-state index in [1.807, 2.05) is 0 Å². The van der Waals surface area contributed by atoms with Crippen molar-refractivity contribution >= 4 is 13.9 Å². The van der Waals surface area contributed by atoms with Gasteiger partial charge in [0.25, 0.3) is 0 Å². The second-order valence-corrected chi connectivity index (χ2v) is 9.01. The highest BCUT2D eigenvalue weighted by atomic mass is 28.3. The van der Waals surface area contributed by atoms with Gasteiger partial charge in [0.05, 0.1) is 0 Å². The first-order valence-corrected chi connectivity index (χ1v) is 7.90. The number of rotatable bonds is 2. The molecule has 1 rings (SSSR count). The maximum absolute atomic E-state index is 13.6. The van der Waals surface area contributed by atoms with Crippen molar-refractivity contribution in [3.8, 4) is 0 Å². The zero-order valence-electron chi connectivity index (χ0n) is 8.91. The maximum Gasteiger partial charge on any atom is 0.199 e. The van der Waals surface area contributed by atoms with Crippen LogP contribution in [0.2, 0.25) is 19.6 Å². The summed E-state index contributed by atoms with van der Waals surface area (Å²) in [5.74, 6) is -7.28. The molecule has 1 aromatic carbocycles. The van der Waals surface area contributed by atoms with Crippen molar-refractivity contribution in [2.45, 2.75) is 19.6 Å². The highest BCUT2D eigenvalue weighted by Crippen LogP contribution is 2.29. The SMILES string of the molecule is C[Si](C)(C)N(F)c1cc(F)c(F)c(F)c1F. The van der Waals surface area contributed by atoms with Gasteiger partial charge in [0.15, 0.2) is 31.5 Å². The van der Waals surface area contributed by atoms with Crippen LogP contribution >= 0.6 is 0 Å². The number of hydrogen-bond donors (Lipinski definition) is 0.